The Morgan fingerprint density at radius 1 is 1.16 bits per heavy atom. The number of carbonyl (C=O) groups is 1. The third kappa shape index (κ3) is 3.17. The lowest BCUT2D eigenvalue weighted by Gasteiger charge is -2.07. The van der Waals surface area contributed by atoms with Crippen LogP contribution in [0.2, 0.25) is 0 Å². The summed E-state index contributed by atoms with van der Waals surface area (Å²) in [5.41, 5.74) is 1.26. The zero-order valence-corrected chi connectivity index (χ0v) is 13.3. The molecule has 1 aromatic heterocycles. The van der Waals surface area contributed by atoms with Crippen LogP contribution in [0.3, 0.4) is 0 Å². The van der Waals surface area contributed by atoms with Crippen LogP contribution in [0.25, 0.3) is 10.9 Å². The second kappa shape index (κ2) is 6.51. The van der Waals surface area contributed by atoms with Crippen molar-refractivity contribution in [2.45, 2.75) is 6.42 Å². The van der Waals surface area contributed by atoms with E-state index in [9.17, 15) is 23.1 Å². The van der Waals surface area contributed by atoms with Gasteiger partial charge >= 0.3 is 0 Å². The van der Waals surface area contributed by atoms with E-state index in [2.05, 4.69) is 5.32 Å². The molecule has 0 saturated carbocycles. The van der Waals surface area contributed by atoms with Gasteiger partial charge in [0.1, 0.15) is 5.75 Å². The highest BCUT2D eigenvalue weighted by molar-refractivity contribution is 5.94. The number of amides is 1. The summed E-state index contributed by atoms with van der Waals surface area (Å²) in [5, 5.41) is 12.9. The highest BCUT2D eigenvalue weighted by Gasteiger charge is 2.18. The Bertz CT molecular complexity index is 967. The molecule has 0 unspecified atom stereocenters. The Morgan fingerprint density at radius 3 is 2.68 bits per heavy atom. The number of nitrogens with zero attached hydrogens (tertiary/aromatic N) is 1. The van der Waals surface area contributed by atoms with Crippen molar-refractivity contribution in [1.82, 2.24) is 9.88 Å². The summed E-state index contributed by atoms with van der Waals surface area (Å²) in [7, 11) is 1.86. The predicted molar refractivity (Wildman–Crippen MR) is 86.9 cm³/mol. The van der Waals surface area contributed by atoms with E-state index in [1.54, 1.807) is 18.2 Å². The Kier molecular flexibility index (Phi) is 4.39. The number of carbonyl (C=O) groups excluding carboxylic acids is 1. The van der Waals surface area contributed by atoms with Crippen molar-refractivity contribution < 1.29 is 23.1 Å². The molecule has 2 N–H and O–H groups in total. The predicted octanol–water partition coefficient (Wildman–Crippen LogP) is 3.27. The van der Waals surface area contributed by atoms with Crippen molar-refractivity contribution >= 4 is 16.8 Å². The van der Waals surface area contributed by atoms with Crippen LogP contribution in [-0.4, -0.2) is 22.1 Å². The molecule has 25 heavy (non-hydrogen) atoms. The van der Waals surface area contributed by atoms with Crippen molar-refractivity contribution in [2.75, 3.05) is 6.54 Å². The van der Waals surface area contributed by atoms with E-state index in [-0.39, 0.29) is 12.3 Å². The fraction of sp³-hybridized carbons (Fsp3) is 0.167. The number of nitrogens with one attached hydrogen (secondary N) is 1. The number of fused-ring (bicyclic) bond motifs is 1. The Morgan fingerprint density at radius 2 is 1.92 bits per heavy atom. The lowest BCUT2D eigenvalue weighted by molar-refractivity contribution is 0.0949. The number of hydrogen-bond donors (Lipinski definition) is 2. The van der Waals surface area contributed by atoms with Crippen LogP contribution in [0.4, 0.5) is 13.2 Å². The summed E-state index contributed by atoms with van der Waals surface area (Å²) in [4.78, 5) is 12.0. The first kappa shape index (κ1) is 16.9. The van der Waals surface area contributed by atoms with E-state index in [0.717, 1.165) is 22.5 Å². The van der Waals surface area contributed by atoms with Crippen LogP contribution in [0.1, 0.15) is 15.9 Å². The van der Waals surface area contributed by atoms with Gasteiger partial charge in [-0.2, -0.15) is 0 Å². The van der Waals surface area contributed by atoms with Gasteiger partial charge in [-0.1, -0.05) is 0 Å². The maximum atomic E-state index is 13.6. The van der Waals surface area contributed by atoms with Gasteiger partial charge < -0.3 is 15.0 Å². The lowest BCUT2D eigenvalue weighted by Crippen LogP contribution is -2.27. The summed E-state index contributed by atoms with van der Waals surface area (Å²) >= 11 is 0. The van der Waals surface area contributed by atoms with Crippen molar-refractivity contribution in [3.8, 4) is 5.75 Å². The number of rotatable bonds is 4. The molecule has 7 heteroatoms. The molecule has 1 heterocycles. The molecule has 2 aromatic carbocycles. The molecule has 0 saturated heterocycles. The Labute approximate surface area is 141 Å². The van der Waals surface area contributed by atoms with Crippen LogP contribution in [-0.2, 0) is 13.5 Å². The monoisotopic (exact) mass is 348 g/mol. The SMILES string of the molecule is Cn1cc(CCNC(=O)c2ccc(F)c(F)c2F)c2cc(O)ccc21. The number of benzene rings is 2. The van der Waals surface area contributed by atoms with Gasteiger partial charge in [0.05, 0.1) is 5.56 Å². The minimum Gasteiger partial charge on any atom is -0.508 e. The highest BCUT2D eigenvalue weighted by Crippen LogP contribution is 2.25. The highest BCUT2D eigenvalue weighted by atomic mass is 19.2. The van der Waals surface area contributed by atoms with Gasteiger partial charge in [0.25, 0.3) is 5.91 Å². The average molecular weight is 348 g/mol. The molecule has 1 amide bonds. The topological polar surface area (TPSA) is 54.3 Å². The maximum Gasteiger partial charge on any atom is 0.254 e. The summed E-state index contributed by atoms with van der Waals surface area (Å²) in [6.07, 6.45) is 2.30. The van der Waals surface area contributed by atoms with E-state index < -0.39 is 28.9 Å². The van der Waals surface area contributed by atoms with Crippen molar-refractivity contribution in [3.63, 3.8) is 0 Å². The smallest absolute Gasteiger partial charge is 0.254 e. The van der Waals surface area contributed by atoms with Crippen molar-refractivity contribution in [1.29, 1.82) is 0 Å². The summed E-state index contributed by atoms with van der Waals surface area (Å²) in [6.45, 7) is 0.173. The number of hydrogen-bond acceptors (Lipinski definition) is 2. The molecule has 0 fully saturated rings. The van der Waals surface area contributed by atoms with Crippen LogP contribution in [0.5, 0.6) is 5.75 Å². The van der Waals surface area contributed by atoms with E-state index in [1.165, 1.54) is 0 Å². The largest absolute Gasteiger partial charge is 0.508 e. The molecule has 3 rings (SSSR count). The molecule has 4 nitrogen and oxygen atoms in total. The molecule has 0 radical (unpaired) electrons. The molecule has 0 bridgehead atoms. The Balaban J connectivity index is 1.72. The fourth-order valence-electron chi connectivity index (χ4n) is 2.77. The summed E-state index contributed by atoms with van der Waals surface area (Å²) < 4.78 is 41.6. The maximum absolute atomic E-state index is 13.6. The number of aromatic hydroxyl groups is 1. The molecular formula is C18H15F3N2O2. The Hall–Kier alpha value is -2.96. The molecular weight excluding hydrogens is 333 g/mol. The second-order valence-electron chi connectivity index (χ2n) is 5.70. The van der Waals surface area contributed by atoms with Gasteiger partial charge in [0.15, 0.2) is 17.5 Å². The quantitative estimate of drug-likeness (QED) is 0.711. The molecule has 130 valence electrons. The number of aryl methyl sites for hydroxylation is 1. The van der Waals surface area contributed by atoms with Gasteiger partial charge in [0.2, 0.25) is 0 Å². The van der Waals surface area contributed by atoms with Gasteiger partial charge in [-0.3, -0.25) is 4.79 Å². The molecule has 0 aliphatic heterocycles. The summed E-state index contributed by atoms with van der Waals surface area (Å²) in [6, 6.07) is 6.60. The van der Waals surface area contributed by atoms with Crippen LogP contribution in [0, 0.1) is 17.5 Å². The number of phenols is 1. The fourth-order valence-corrected chi connectivity index (χ4v) is 2.77. The lowest BCUT2D eigenvalue weighted by atomic mass is 10.1. The minimum absolute atomic E-state index is 0.132. The number of halogens is 3. The third-order valence-corrected chi connectivity index (χ3v) is 4.02. The summed E-state index contributed by atoms with van der Waals surface area (Å²) in [5.74, 6) is -5.21. The van der Waals surface area contributed by atoms with E-state index in [1.807, 2.05) is 17.8 Å². The van der Waals surface area contributed by atoms with Crippen molar-refractivity contribution in [3.05, 3.63) is 65.1 Å². The first-order chi connectivity index (χ1) is 11.9. The van der Waals surface area contributed by atoms with Gasteiger partial charge in [-0.15, -0.1) is 0 Å². The third-order valence-electron chi connectivity index (χ3n) is 4.02. The van der Waals surface area contributed by atoms with Gasteiger partial charge in [0, 0.05) is 30.7 Å². The number of aromatic nitrogens is 1. The average Bonchev–Trinajstić information content (AvgIpc) is 2.88. The molecule has 0 aliphatic carbocycles. The minimum atomic E-state index is -1.67. The zero-order valence-electron chi connectivity index (χ0n) is 13.3. The number of phenolic OH excluding ortho intramolecular Hbond substituents is 1. The van der Waals surface area contributed by atoms with Gasteiger partial charge in [-0.25, -0.2) is 13.2 Å². The first-order valence-electron chi connectivity index (χ1n) is 7.57. The zero-order chi connectivity index (χ0) is 18.1. The van der Waals surface area contributed by atoms with Gasteiger partial charge in [-0.05, 0) is 42.3 Å². The van der Waals surface area contributed by atoms with E-state index in [4.69, 9.17) is 0 Å². The van der Waals surface area contributed by atoms with E-state index in [0.29, 0.717) is 12.5 Å². The standard InChI is InChI=1S/C18H15F3N2O2/c1-23-9-10(13-8-11(24)2-5-15(13)23)6-7-22-18(25)12-3-4-14(19)17(21)16(12)20/h2-5,8-9,24H,6-7H2,1H3,(H,22,25). The molecule has 0 aliphatic rings. The second-order valence-corrected chi connectivity index (χ2v) is 5.70. The van der Waals surface area contributed by atoms with Crippen LogP contribution < -0.4 is 5.32 Å². The molecule has 3 aromatic rings. The van der Waals surface area contributed by atoms with Crippen LogP contribution in [0.15, 0.2) is 36.5 Å². The molecule has 0 atom stereocenters. The first-order valence-corrected chi connectivity index (χ1v) is 7.57. The van der Waals surface area contributed by atoms with E-state index >= 15 is 0 Å². The van der Waals surface area contributed by atoms with Crippen LogP contribution >= 0.6 is 0 Å². The normalized spacial score (nSPS) is 11.0. The molecule has 0 spiro atoms. The van der Waals surface area contributed by atoms with Crippen molar-refractivity contribution in [2.24, 2.45) is 7.05 Å².